The topological polar surface area (TPSA) is 153 Å². The molecule has 2 aliphatic heterocycles. The predicted octanol–water partition coefficient (Wildman–Crippen LogP) is -1.88. The van der Waals surface area contributed by atoms with Crippen LogP contribution in [-0.4, -0.2) is 90.9 Å². The first kappa shape index (κ1) is 21.9. The van der Waals surface area contributed by atoms with Crippen molar-refractivity contribution in [1.82, 2.24) is 25.5 Å². The van der Waals surface area contributed by atoms with Gasteiger partial charge >= 0.3 is 6.01 Å². The lowest BCUT2D eigenvalue weighted by Crippen LogP contribution is -2.45. The van der Waals surface area contributed by atoms with E-state index in [1.807, 2.05) is 37.2 Å². The highest BCUT2D eigenvalue weighted by Gasteiger charge is 2.50. The highest BCUT2D eigenvalue weighted by Crippen LogP contribution is 2.36. The largest absolute Gasteiger partial charge is 0.548 e. The third-order valence-electron chi connectivity index (χ3n) is 5.15. The quantitative estimate of drug-likeness (QED) is 0.459. The summed E-state index contributed by atoms with van der Waals surface area (Å²) >= 11 is 0. The molecule has 2 fully saturated rings. The Kier molecular flexibility index (Phi) is 6.48. The van der Waals surface area contributed by atoms with Gasteiger partial charge in [-0.25, -0.2) is 0 Å². The number of tetrazole rings is 1. The van der Waals surface area contributed by atoms with Gasteiger partial charge in [-0.1, -0.05) is 11.2 Å². The van der Waals surface area contributed by atoms with E-state index in [4.69, 9.17) is 18.9 Å². The zero-order valence-electron chi connectivity index (χ0n) is 17.5. The number of carboxylic acid groups (broad SMARTS) is 1. The molecular formula is C19H23N6O7-. The summed E-state index contributed by atoms with van der Waals surface area (Å²) in [5, 5.41) is 24.9. The summed E-state index contributed by atoms with van der Waals surface area (Å²) in [6, 6.07) is 6.93. The van der Waals surface area contributed by atoms with Crippen molar-refractivity contribution in [2.45, 2.75) is 24.3 Å². The maximum atomic E-state index is 12.0. The minimum atomic E-state index is -1.39. The Morgan fingerprint density at radius 2 is 2.06 bits per heavy atom. The monoisotopic (exact) mass is 447 g/mol. The fourth-order valence-electron chi connectivity index (χ4n) is 3.68. The van der Waals surface area contributed by atoms with Gasteiger partial charge in [-0.05, 0) is 22.6 Å². The van der Waals surface area contributed by atoms with Crippen LogP contribution in [0.1, 0.15) is 6.04 Å². The van der Waals surface area contributed by atoms with Gasteiger partial charge in [0, 0.05) is 25.8 Å². The Labute approximate surface area is 183 Å². The third-order valence-corrected chi connectivity index (χ3v) is 5.15. The van der Waals surface area contributed by atoms with E-state index in [2.05, 4.69) is 20.8 Å². The normalized spacial score (nSPS) is 24.2. The number of aromatic nitrogens is 4. The molecule has 1 amide bonds. The van der Waals surface area contributed by atoms with Crippen LogP contribution in [0.15, 0.2) is 24.3 Å². The highest BCUT2D eigenvalue weighted by molar-refractivity contribution is 5.78. The van der Waals surface area contributed by atoms with E-state index in [1.165, 1.54) is 4.68 Å². The van der Waals surface area contributed by atoms with Gasteiger partial charge < -0.3 is 39.1 Å². The Morgan fingerprint density at radius 1 is 1.25 bits per heavy atom. The molecule has 32 heavy (non-hydrogen) atoms. The number of nitrogens with zero attached hydrogens (tertiary/aromatic N) is 5. The molecule has 1 aromatic heterocycles. The maximum absolute atomic E-state index is 12.0. The molecule has 2 aromatic rings. The van der Waals surface area contributed by atoms with E-state index in [1.54, 1.807) is 6.07 Å². The van der Waals surface area contributed by atoms with Crippen LogP contribution in [0.4, 0.5) is 5.69 Å². The number of amides is 1. The van der Waals surface area contributed by atoms with Crippen LogP contribution < -0.4 is 20.1 Å². The van der Waals surface area contributed by atoms with Crippen LogP contribution in [0.3, 0.4) is 0 Å². The molecule has 3 heterocycles. The molecule has 1 aromatic carbocycles. The van der Waals surface area contributed by atoms with Crippen molar-refractivity contribution < 1.29 is 33.6 Å². The maximum Gasteiger partial charge on any atom is 0.341 e. The summed E-state index contributed by atoms with van der Waals surface area (Å²) in [5.41, 5.74) is 0.965. The number of fused-ring (bicyclic) bond motifs is 1. The Morgan fingerprint density at radius 3 is 2.84 bits per heavy atom. The van der Waals surface area contributed by atoms with Crippen molar-refractivity contribution in [2.75, 3.05) is 45.4 Å². The number of anilines is 1. The molecule has 0 saturated carbocycles. The van der Waals surface area contributed by atoms with E-state index in [9.17, 15) is 14.7 Å². The second-order valence-electron chi connectivity index (χ2n) is 7.60. The van der Waals surface area contributed by atoms with Crippen LogP contribution in [0.5, 0.6) is 11.8 Å². The summed E-state index contributed by atoms with van der Waals surface area (Å²) in [7, 11) is 3.86. The van der Waals surface area contributed by atoms with Crippen LogP contribution in [0.2, 0.25) is 0 Å². The van der Waals surface area contributed by atoms with Crippen molar-refractivity contribution in [1.29, 1.82) is 0 Å². The second kappa shape index (κ2) is 9.46. The van der Waals surface area contributed by atoms with Crippen LogP contribution in [0.25, 0.3) is 0 Å². The minimum absolute atomic E-state index is 0.196. The van der Waals surface area contributed by atoms with E-state index in [-0.39, 0.29) is 25.3 Å². The lowest BCUT2D eigenvalue weighted by Gasteiger charge is -2.18. The first-order chi connectivity index (χ1) is 15.4. The van der Waals surface area contributed by atoms with Crippen LogP contribution >= 0.6 is 0 Å². The average Bonchev–Trinajstić information content (AvgIpc) is 3.46. The van der Waals surface area contributed by atoms with Crippen LogP contribution in [-0.2, 0) is 23.8 Å². The number of benzene rings is 1. The number of hydrogen-bond acceptors (Lipinski definition) is 11. The van der Waals surface area contributed by atoms with Gasteiger partial charge in [0.15, 0.2) is 0 Å². The Hall–Kier alpha value is -3.29. The average molecular weight is 447 g/mol. The molecule has 4 rings (SSSR count). The zero-order valence-corrected chi connectivity index (χ0v) is 17.5. The van der Waals surface area contributed by atoms with Crippen molar-refractivity contribution in [3.8, 4) is 11.8 Å². The van der Waals surface area contributed by atoms with Gasteiger partial charge in [0.2, 0.25) is 5.91 Å². The van der Waals surface area contributed by atoms with E-state index >= 15 is 0 Å². The molecule has 0 radical (unpaired) electrons. The summed E-state index contributed by atoms with van der Waals surface area (Å²) < 4.78 is 23.9. The standard InChI is InChI=1S/C19H24N6O7/c1-24(2)11-4-3-5-12(6-11)32-19-21-22-23-25(19)14-8-31-17-13(7-30-18(14)17)20-15(26)9-29-10-16(27)28/h3-6,13-14,17-18H,7-10H2,1-2H3,(H,20,26)(H,27,28)/p-1/t13-,14-,17+,18+/m0/s1. The molecule has 0 unspecified atom stereocenters. The van der Waals surface area contributed by atoms with E-state index < -0.39 is 43.3 Å². The third kappa shape index (κ3) is 4.79. The molecule has 0 aliphatic carbocycles. The fraction of sp³-hybridized carbons (Fsp3) is 0.526. The number of carbonyl (C=O) groups is 2. The summed E-state index contributed by atoms with van der Waals surface area (Å²) in [6.45, 7) is -0.565. The molecule has 13 nitrogen and oxygen atoms in total. The number of nitrogens with one attached hydrogen (secondary N) is 1. The summed E-state index contributed by atoms with van der Waals surface area (Å²) in [4.78, 5) is 24.3. The number of aliphatic carboxylic acids is 1. The first-order valence-corrected chi connectivity index (χ1v) is 9.95. The minimum Gasteiger partial charge on any atom is -0.548 e. The van der Waals surface area contributed by atoms with Crippen molar-refractivity contribution >= 4 is 17.6 Å². The Bertz CT molecular complexity index is 967. The number of hydrogen-bond donors (Lipinski definition) is 1. The van der Waals surface area contributed by atoms with E-state index in [0.717, 1.165) is 5.69 Å². The molecule has 2 saturated heterocycles. The molecule has 0 spiro atoms. The van der Waals surface area contributed by atoms with Gasteiger partial charge in [0.1, 0.15) is 30.6 Å². The predicted molar refractivity (Wildman–Crippen MR) is 105 cm³/mol. The molecule has 13 heteroatoms. The van der Waals surface area contributed by atoms with Gasteiger partial charge in [-0.15, -0.1) is 0 Å². The Balaban J connectivity index is 1.39. The smallest absolute Gasteiger partial charge is 0.341 e. The number of rotatable bonds is 9. The first-order valence-electron chi connectivity index (χ1n) is 9.95. The summed E-state index contributed by atoms with van der Waals surface area (Å²) in [6.07, 6.45) is -0.817. The van der Waals surface area contributed by atoms with Gasteiger partial charge in [-0.3, -0.25) is 4.79 Å². The summed E-state index contributed by atoms with van der Waals surface area (Å²) in [5.74, 6) is -1.28. The zero-order chi connectivity index (χ0) is 22.7. The molecule has 172 valence electrons. The molecule has 2 aliphatic rings. The SMILES string of the molecule is CN(C)c1cccc(Oc2nnnn2[C@H]2CO[C@H]3[C@@H]2OC[C@@H]3NC(=O)COCC(=O)[O-])c1. The van der Waals surface area contributed by atoms with Crippen molar-refractivity contribution in [3.63, 3.8) is 0 Å². The van der Waals surface area contributed by atoms with Gasteiger partial charge in [0.05, 0.1) is 31.8 Å². The second-order valence-corrected chi connectivity index (χ2v) is 7.60. The molecule has 4 atom stereocenters. The highest BCUT2D eigenvalue weighted by atomic mass is 16.6. The number of carbonyl (C=O) groups excluding carboxylic acids is 2. The van der Waals surface area contributed by atoms with Crippen molar-refractivity contribution in [3.05, 3.63) is 24.3 Å². The number of carboxylic acids is 1. The van der Waals surface area contributed by atoms with E-state index in [0.29, 0.717) is 5.75 Å². The lowest BCUT2D eigenvalue weighted by molar-refractivity contribution is -0.309. The number of ether oxygens (including phenoxy) is 4. The van der Waals surface area contributed by atoms with Crippen LogP contribution in [0, 0.1) is 0 Å². The van der Waals surface area contributed by atoms with Crippen molar-refractivity contribution in [2.24, 2.45) is 0 Å². The molecular weight excluding hydrogens is 424 g/mol. The molecule has 0 bridgehead atoms. The fourth-order valence-corrected chi connectivity index (χ4v) is 3.68. The van der Waals surface area contributed by atoms with Gasteiger partial charge in [0.25, 0.3) is 0 Å². The molecule has 1 N–H and O–H groups in total. The lowest BCUT2D eigenvalue weighted by atomic mass is 10.1. The van der Waals surface area contributed by atoms with Gasteiger partial charge in [-0.2, -0.15) is 4.68 Å².